The number of rotatable bonds is 3. The van der Waals surface area contributed by atoms with Gasteiger partial charge < -0.3 is 4.90 Å². The van der Waals surface area contributed by atoms with Gasteiger partial charge in [-0.3, -0.25) is 0 Å². The molecule has 11 rings (SSSR count). The molecule has 0 bridgehead atoms. The van der Waals surface area contributed by atoms with E-state index in [2.05, 4.69) is 195 Å². The molecule has 0 aliphatic heterocycles. The zero-order valence-electron chi connectivity index (χ0n) is 29.2. The molecule has 0 aromatic heterocycles. The van der Waals surface area contributed by atoms with E-state index in [0.29, 0.717) is 0 Å². The second kappa shape index (κ2) is 10.8. The minimum absolute atomic E-state index is 0.503. The molecule has 1 spiro atoms. The molecule has 244 valence electrons. The first kappa shape index (κ1) is 29.3. The van der Waals surface area contributed by atoms with Crippen LogP contribution in [0.1, 0.15) is 33.4 Å². The maximum atomic E-state index is 2.53. The van der Waals surface area contributed by atoms with Crippen LogP contribution in [0.5, 0.6) is 0 Å². The fraction of sp³-hybridized carbons (Fsp3) is 0.0588. The summed E-state index contributed by atoms with van der Waals surface area (Å²) in [5.41, 5.74) is 16.3. The van der Waals surface area contributed by atoms with Crippen LogP contribution in [0.4, 0.5) is 17.1 Å². The van der Waals surface area contributed by atoms with Gasteiger partial charge in [0.25, 0.3) is 0 Å². The molecule has 0 heterocycles. The number of nitrogens with zero attached hydrogens (tertiary/aromatic N) is 1. The van der Waals surface area contributed by atoms with Gasteiger partial charge in [-0.15, -0.1) is 0 Å². The third-order valence-corrected chi connectivity index (χ3v) is 11.8. The molecule has 0 N–H and O–H groups in total. The lowest BCUT2D eigenvalue weighted by molar-refractivity contribution is 0.809. The number of aryl methyl sites for hydroxylation is 2. The molecule has 0 atom stereocenters. The highest BCUT2D eigenvalue weighted by Crippen LogP contribution is 2.67. The average Bonchev–Trinajstić information content (AvgIpc) is 3.67. The van der Waals surface area contributed by atoms with Gasteiger partial charge in [0.05, 0.1) is 11.1 Å². The van der Waals surface area contributed by atoms with E-state index in [1.54, 1.807) is 0 Å². The molecular weight excluding hydrogens is 627 g/mol. The topological polar surface area (TPSA) is 3.24 Å². The Bertz CT molecular complexity index is 2890. The summed E-state index contributed by atoms with van der Waals surface area (Å²) in [4.78, 5) is 2.49. The van der Waals surface area contributed by atoms with E-state index >= 15 is 0 Å². The van der Waals surface area contributed by atoms with Gasteiger partial charge in [0, 0.05) is 16.8 Å². The standard InChI is InChI=1S/C51H35N/c1-32-28-29-46(33(2)30-32)52(34-16-4-3-5-17-34)47-31-43-48-40-23-9-6-18-35(40)36-19-7-10-24-41(36)50(48)51(49(43)42-25-11-8-22-39(42)47)44-26-14-12-20-37(44)38-21-13-15-27-45(38)51/h3-31H,1-2H3. The minimum Gasteiger partial charge on any atom is -0.310 e. The van der Waals surface area contributed by atoms with Gasteiger partial charge in [0.2, 0.25) is 0 Å². The predicted octanol–water partition coefficient (Wildman–Crippen LogP) is 13.6. The Morgan fingerprint density at radius 3 is 1.56 bits per heavy atom. The predicted molar refractivity (Wildman–Crippen MR) is 219 cm³/mol. The SMILES string of the molecule is Cc1ccc(N(c2ccccc2)c2cc3c(c4ccccc24)C2(c4ccccc4-c4ccccc42)c2c-3c3ccccc3c3ccccc23)c(C)c1. The molecule has 0 fully saturated rings. The third-order valence-electron chi connectivity index (χ3n) is 11.8. The van der Waals surface area contributed by atoms with E-state index in [1.165, 1.54) is 99.3 Å². The molecule has 0 radical (unpaired) electrons. The number of benzene rings is 9. The van der Waals surface area contributed by atoms with E-state index < -0.39 is 5.41 Å². The highest BCUT2D eigenvalue weighted by Gasteiger charge is 2.54. The molecule has 9 aromatic carbocycles. The maximum Gasteiger partial charge on any atom is 0.0737 e. The molecule has 9 aromatic rings. The first-order valence-corrected chi connectivity index (χ1v) is 18.3. The van der Waals surface area contributed by atoms with E-state index in [0.717, 1.165) is 5.69 Å². The summed E-state index contributed by atoms with van der Waals surface area (Å²) in [6.45, 7) is 4.42. The van der Waals surface area contributed by atoms with Crippen molar-refractivity contribution in [1.82, 2.24) is 0 Å². The second-order valence-corrected chi connectivity index (χ2v) is 14.5. The molecule has 0 saturated heterocycles. The summed E-state index contributed by atoms with van der Waals surface area (Å²) in [5, 5.41) is 7.75. The smallest absolute Gasteiger partial charge is 0.0737 e. The number of hydrogen-bond acceptors (Lipinski definition) is 1. The maximum absolute atomic E-state index is 2.53. The van der Waals surface area contributed by atoms with Gasteiger partial charge in [-0.2, -0.15) is 0 Å². The van der Waals surface area contributed by atoms with Crippen molar-refractivity contribution >= 4 is 49.4 Å². The van der Waals surface area contributed by atoms with Crippen LogP contribution < -0.4 is 4.90 Å². The lowest BCUT2D eigenvalue weighted by Gasteiger charge is -2.34. The van der Waals surface area contributed by atoms with Crippen LogP contribution in [0.15, 0.2) is 176 Å². The van der Waals surface area contributed by atoms with Crippen molar-refractivity contribution in [3.05, 3.63) is 209 Å². The molecule has 1 nitrogen and oxygen atoms in total. The molecular formula is C51H35N. The van der Waals surface area contributed by atoms with Crippen molar-refractivity contribution in [2.24, 2.45) is 0 Å². The number of anilines is 3. The Labute approximate surface area is 304 Å². The number of para-hydroxylation sites is 1. The lowest BCUT2D eigenvalue weighted by Crippen LogP contribution is -2.26. The van der Waals surface area contributed by atoms with Crippen LogP contribution >= 0.6 is 0 Å². The normalized spacial score (nSPS) is 13.3. The van der Waals surface area contributed by atoms with Crippen molar-refractivity contribution in [2.45, 2.75) is 19.3 Å². The summed E-state index contributed by atoms with van der Waals surface area (Å²) in [6.07, 6.45) is 0. The largest absolute Gasteiger partial charge is 0.310 e. The van der Waals surface area contributed by atoms with Gasteiger partial charge in [0.15, 0.2) is 0 Å². The van der Waals surface area contributed by atoms with Gasteiger partial charge in [-0.05, 0) is 115 Å². The second-order valence-electron chi connectivity index (χ2n) is 14.5. The highest BCUT2D eigenvalue weighted by molar-refractivity contribution is 6.22. The zero-order valence-corrected chi connectivity index (χ0v) is 29.2. The monoisotopic (exact) mass is 661 g/mol. The lowest BCUT2D eigenvalue weighted by atomic mass is 9.68. The highest BCUT2D eigenvalue weighted by atomic mass is 15.1. The van der Waals surface area contributed by atoms with Crippen molar-refractivity contribution in [3.8, 4) is 22.3 Å². The van der Waals surface area contributed by atoms with Crippen molar-refractivity contribution < 1.29 is 0 Å². The summed E-state index contributed by atoms with van der Waals surface area (Å²) < 4.78 is 0. The Balaban J connectivity index is 1.39. The van der Waals surface area contributed by atoms with Crippen molar-refractivity contribution in [1.29, 1.82) is 0 Å². The number of fused-ring (bicyclic) bond motifs is 17. The van der Waals surface area contributed by atoms with E-state index in [9.17, 15) is 0 Å². The van der Waals surface area contributed by atoms with Crippen molar-refractivity contribution in [2.75, 3.05) is 4.90 Å². The number of hydrogen-bond donors (Lipinski definition) is 0. The molecule has 1 heteroatoms. The summed E-state index contributed by atoms with van der Waals surface area (Å²) in [6, 6.07) is 65.9. The Morgan fingerprint density at radius 2 is 0.904 bits per heavy atom. The van der Waals surface area contributed by atoms with Gasteiger partial charge in [0.1, 0.15) is 0 Å². The average molecular weight is 662 g/mol. The van der Waals surface area contributed by atoms with Crippen LogP contribution in [-0.2, 0) is 5.41 Å². The summed E-state index contributed by atoms with van der Waals surface area (Å²) >= 11 is 0. The van der Waals surface area contributed by atoms with E-state index in [-0.39, 0.29) is 0 Å². The van der Waals surface area contributed by atoms with Crippen LogP contribution in [0.2, 0.25) is 0 Å². The van der Waals surface area contributed by atoms with Crippen LogP contribution in [-0.4, -0.2) is 0 Å². The summed E-state index contributed by atoms with van der Waals surface area (Å²) in [7, 11) is 0. The first-order valence-electron chi connectivity index (χ1n) is 18.3. The Kier molecular flexibility index (Phi) is 6.08. The molecule has 2 aliphatic rings. The molecule has 2 aliphatic carbocycles. The Hall–Kier alpha value is -6.44. The molecule has 0 saturated carbocycles. The molecule has 0 amide bonds. The van der Waals surface area contributed by atoms with E-state index in [1.807, 2.05) is 0 Å². The molecule has 0 unspecified atom stereocenters. The minimum atomic E-state index is -0.503. The molecule has 52 heavy (non-hydrogen) atoms. The first-order chi connectivity index (χ1) is 25.7. The van der Waals surface area contributed by atoms with Crippen LogP contribution in [0, 0.1) is 13.8 Å². The zero-order chi connectivity index (χ0) is 34.6. The van der Waals surface area contributed by atoms with Gasteiger partial charge in [-0.1, -0.05) is 157 Å². The van der Waals surface area contributed by atoms with E-state index in [4.69, 9.17) is 0 Å². The van der Waals surface area contributed by atoms with Crippen LogP contribution in [0.25, 0.3) is 54.6 Å². The van der Waals surface area contributed by atoms with Gasteiger partial charge in [-0.25, -0.2) is 0 Å². The van der Waals surface area contributed by atoms with Gasteiger partial charge >= 0.3 is 0 Å². The Morgan fingerprint density at radius 1 is 0.385 bits per heavy atom. The third kappa shape index (κ3) is 3.72. The quantitative estimate of drug-likeness (QED) is 0.170. The fourth-order valence-electron chi connectivity index (χ4n) is 9.89. The fourth-order valence-corrected chi connectivity index (χ4v) is 9.89. The summed E-state index contributed by atoms with van der Waals surface area (Å²) in [5.74, 6) is 0. The van der Waals surface area contributed by atoms with Crippen molar-refractivity contribution in [3.63, 3.8) is 0 Å². The van der Waals surface area contributed by atoms with Crippen LogP contribution in [0.3, 0.4) is 0 Å².